The number of fused-ring (bicyclic) bond motifs is 1. The van der Waals surface area contributed by atoms with E-state index in [1.165, 1.54) is 5.56 Å². The number of methoxy groups -OCH3 is 1. The van der Waals surface area contributed by atoms with E-state index in [2.05, 4.69) is 20.9 Å². The molecule has 6 heteroatoms. The molecule has 1 N–H and O–H groups in total. The topological polar surface area (TPSA) is 69.0 Å². The van der Waals surface area contributed by atoms with Crippen molar-refractivity contribution < 1.29 is 9.53 Å². The second-order valence-electron chi connectivity index (χ2n) is 7.57. The summed E-state index contributed by atoms with van der Waals surface area (Å²) in [5, 5.41) is 3.01. The molecule has 2 heterocycles. The molecule has 0 unspecified atom stereocenters. The summed E-state index contributed by atoms with van der Waals surface area (Å²) in [5.41, 5.74) is 5.08. The van der Waals surface area contributed by atoms with Gasteiger partial charge in [0.05, 0.1) is 13.7 Å². The van der Waals surface area contributed by atoms with Gasteiger partial charge in [-0.15, -0.1) is 0 Å². The van der Waals surface area contributed by atoms with Gasteiger partial charge < -0.3 is 14.6 Å². The molecule has 2 aromatic carbocycles. The molecule has 0 saturated heterocycles. The maximum Gasteiger partial charge on any atom is 0.220 e. The third-order valence-electron chi connectivity index (χ3n) is 5.23. The number of ether oxygens (including phenoxy) is 1. The Bertz CT molecular complexity index is 1180. The lowest BCUT2D eigenvalue weighted by molar-refractivity contribution is -0.121. The highest BCUT2D eigenvalue weighted by molar-refractivity contribution is 5.76. The number of hydrogen-bond donors (Lipinski definition) is 1. The Kier molecular flexibility index (Phi) is 6.26. The van der Waals surface area contributed by atoms with Gasteiger partial charge in [0.2, 0.25) is 5.91 Å². The quantitative estimate of drug-likeness (QED) is 0.472. The molecule has 0 spiro atoms. The average molecular weight is 415 g/mol. The first-order valence-electron chi connectivity index (χ1n) is 10.4. The lowest BCUT2D eigenvalue weighted by Crippen LogP contribution is -2.23. The second kappa shape index (κ2) is 9.43. The summed E-state index contributed by atoms with van der Waals surface area (Å²) in [5.74, 6) is 1.69. The summed E-state index contributed by atoms with van der Waals surface area (Å²) in [6.07, 6.45) is 2.69. The van der Waals surface area contributed by atoms with Crippen LogP contribution in [-0.2, 0) is 24.3 Å². The van der Waals surface area contributed by atoms with Gasteiger partial charge in [0.25, 0.3) is 0 Å². The van der Waals surface area contributed by atoms with Crippen molar-refractivity contribution in [1.29, 1.82) is 0 Å². The molecule has 31 heavy (non-hydrogen) atoms. The molecule has 4 aromatic rings. The van der Waals surface area contributed by atoms with Crippen molar-refractivity contribution in [2.45, 2.75) is 32.9 Å². The third-order valence-corrected chi connectivity index (χ3v) is 5.23. The van der Waals surface area contributed by atoms with E-state index in [0.29, 0.717) is 25.9 Å². The molecular weight excluding hydrogens is 388 g/mol. The number of hydrogen-bond acceptors (Lipinski definition) is 4. The lowest BCUT2D eigenvalue weighted by Gasteiger charge is -2.10. The monoisotopic (exact) mass is 414 g/mol. The van der Waals surface area contributed by atoms with E-state index in [9.17, 15) is 4.79 Å². The number of carbonyl (C=O) groups excluding carboxylic acids is 1. The summed E-state index contributed by atoms with van der Waals surface area (Å²) in [6, 6.07) is 19.9. The van der Waals surface area contributed by atoms with Crippen LogP contribution in [0.5, 0.6) is 5.75 Å². The first-order chi connectivity index (χ1) is 15.1. The molecule has 0 radical (unpaired) electrons. The first-order valence-corrected chi connectivity index (χ1v) is 10.4. The maximum atomic E-state index is 12.5. The molecular formula is C25H26N4O2. The third kappa shape index (κ3) is 5.09. The van der Waals surface area contributed by atoms with Crippen molar-refractivity contribution in [3.63, 3.8) is 0 Å². The van der Waals surface area contributed by atoms with E-state index >= 15 is 0 Å². The standard InChI is InChI=1S/C25H26N4O2/c1-18-5-3-6-20(15-18)16-27-24(30)13-12-23-28-22-7-4-14-26-25(22)29(23)17-19-8-10-21(31-2)11-9-19/h3-11,14-15H,12-13,16-17H2,1-2H3,(H,27,30). The predicted molar refractivity (Wildman–Crippen MR) is 121 cm³/mol. The minimum atomic E-state index is 0.0116. The predicted octanol–water partition coefficient (Wildman–Crippen LogP) is 4.05. The van der Waals surface area contributed by atoms with Crippen molar-refractivity contribution in [2.24, 2.45) is 0 Å². The number of aromatic nitrogens is 3. The Morgan fingerprint density at radius 3 is 2.68 bits per heavy atom. The molecule has 2 aromatic heterocycles. The van der Waals surface area contributed by atoms with Gasteiger partial charge in [-0.1, -0.05) is 42.0 Å². The van der Waals surface area contributed by atoms with Gasteiger partial charge >= 0.3 is 0 Å². The fourth-order valence-electron chi connectivity index (χ4n) is 3.61. The Balaban J connectivity index is 1.46. The zero-order chi connectivity index (χ0) is 21.6. The van der Waals surface area contributed by atoms with Crippen LogP contribution >= 0.6 is 0 Å². The Hall–Kier alpha value is -3.67. The fourth-order valence-corrected chi connectivity index (χ4v) is 3.61. The Morgan fingerprint density at radius 1 is 1.06 bits per heavy atom. The van der Waals surface area contributed by atoms with Crippen LogP contribution in [0.15, 0.2) is 66.9 Å². The molecule has 0 fully saturated rings. The van der Waals surface area contributed by atoms with E-state index in [1.54, 1.807) is 13.3 Å². The second-order valence-corrected chi connectivity index (χ2v) is 7.57. The smallest absolute Gasteiger partial charge is 0.220 e. The van der Waals surface area contributed by atoms with Crippen LogP contribution in [0.1, 0.15) is 28.9 Å². The van der Waals surface area contributed by atoms with Crippen molar-refractivity contribution >= 4 is 17.1 Å². The molecule has 158 valence electrons. The van der Waals surface area contributed by atoms with Gasteiger partial charge in [-0.2, -0.15) is 0 Å². The Morgan fingerprint density at radius 2 is 1.90 bits per heavy atom. The van der Waals surface area contributed by atoms with Crippen molar-refractivity contribution in [2.75, 3.05) is 7.11 Å². The molecule has 0 atom stereocenters. The van der Waals surface area contributed by atoms with E-state index < -0.39 is 0 Å². The van der Waals surface area contributed by atoms with Gasteiger partial charge in [-0.3, -0.25) is 4.79 Å². The van der Waals surface area contributed by atoms with Gasteiger partial charge in [-0.05, 0) is 42.3 Å². The molecule has 0 aliphatic carbocycles. The average Bonchev–Trinajstić information content (AvgIpc) is 3.14. The molecule has 6 nitrogen and oxygen atoms in total. The molecule has 1 amide bonds. The molecule has 0 saturated carbocycles. The van der Waals surface area contributed by atoms with E-state index in [4.69, 9.17) is 9.72 Å². The number of nitrogens with one attached hydrogen (secondary N) is 1. The Labute approximate surface area is 181 Å². The SMILES string of the molecule is COc1ccc(Cn2c(CCC(=O)NCc3cccc(C)c3)nc3cccnc32)cc1. The fraction of sp³-hybridized carbons (Fsp3) is 0.240. The number of carbonyl (C=O) groups is 1. The lowest BCUT2D eigenvalue weighted by atomic mass is 10.1. The number of rotatable bonds is 8. The summed E-state index contributed by atoms with van der Waals surface area (Å²) in [6.45, 7) is 3.22. The minimum Gasteiger partial charge on any atom is -0.497 e. The molecule has 0 aliphatic heterocycles. The highest BCUT2D eigenvalue weighted by Crippen LogP contribution is 2.19. The van der Waals surface area contributed by atoms with Crippen LogP contribution in [0.2, 0.25) is 0 Å². The number of amides is 1. The van der Waals surface area contributed by atoms with Gasteiger partial charge in [-0.25, -0.2) is 9.97 Å². The van der Waals surface area contributed by atoms with Gasteiger partial charge in [0.1, 0.15) is 17.1 Å². The number of benzene rings is 2. The van der Waals surface area contributed by atoms with Crippen molar-refractivity contribution in [1.82, 2.24) is 19.9 Å². The largest absolute Gasteiger partial charge is 0.497 e. The van der Waals surface area contributed by atoms with E-state index in [-0.39, 0.29) is 5.91 Å². The molecule has 0 aliphatic rings. The zero-order valence-electron chi connectivity index (χ0n) is 17.8. The van der Waals surface area contributed by atoms with Crippen LogP contribution in [0.25, 0.3) is 11.2 Å². The summed E-state index contributed by atoms with van der Waals surface area (Å²) < 4.78 is 7.34. The highest BCUT2D eigenvalue weighted by atomic mass is 16.5. The zero-order valence-corrected chi connectivity index (χ0v) is 17.8. The van der Waals surface area contributed by atoms with Crippen molar-refractivity contribution in [3.8, 4) is 5.75 Å². The summed E-state index contributed by atoms with van der Waals surface area (Å²) >= 11 is 0. The number of nitrogens with zero attached hydrogens (tertiary/aromatic N) is 3. The number of aryl methyl sites for hydroxylation is 2. The van der Waals surface area contributed by atoms with Gasteiger partial charge in [0.15, 0.2) is 5.65 Å². The summed E-state index contributed by atoms with van der Waals surface area (Å²) in [7, 11) is 1.66. The van der Waals surface area contributed by atoms with E-state index in [1.807, 2.05) is 61.5 Å². The first kappa shape index (κ1) is 20.6. The minimum absolute atomic E-state index is 0.0116. The normalized spacial score (nSPS) is 10.9. The van der Waals surface area contributed by atoms with Gasteiger partial charge in [0, 0.05) is 25.6 Å². The highest BCUT2D eigenvalue weighted by Gasteiger charge is 2.14. The van der Waals surface area contributed by atoms with Crippen LogP contribution in [0.3, 0.4) is 0 Å². The number of pyridine rings is 1. The van der Waals surface area contributed by atoms with Crippen LogP contribution in [0.4, 0.5) is 0 Å². The van der Waals surface area contributed by atoms with Crippen LogP contribution in [-0.4, -0.2) is 27.6 Å². The number of imidazole rings is 1. The molecule has 0 bridgehead atoms. The van der Waals surface area contributed by atoms with Crippen LogP contribution < -0.4 is 10.1 Å². The summed E-state index contributed by atoms with van der Waals surface area (Å²) in [4.78, 5) is 21.7. The van der Waals surface area contributed by atoms with Crippen molar-refractivity contribution in [3.05, 3.63) is 89.4 Å². The maximum absolute atomic E-state index is 12.5. The molecule has 4 rings (SSSR count). The van der Waals surface area contributed by atoms with E-state index in [0.717, 1.165) is 33.9 Å². The van der Waals surface area contributed by atoms with Crippen LogP contribution in [0, 0.1) is 6.92 Å².